The number of carbonyl (C=O) groups is 2. The van der Waals surface area contributed by atoms with Crippen LogP contribution in [0.2, 0.25) is 0 Å². The van der Waals surface area contributed by atoms with Crippen LogP contribution in [-0.4, -0.2) is 39.8 Å². The minimum Gasteiger partial charge on any atom is -0.493 e. The van der Waals surface area contributed by atoms with Crippen molar-refractivity contribution in [3.8, 4) is 17.2 Å². The minimum atomic E-state index is -0.663. The van der Waals surface area contributed by atoms with Crippen LogP contribution < -0.4 is 19.5 Å². The summed E-state index contributed by atoms with van der Waals surface area (Å²) in [6.07, 6.45) is 0. The predicted octanol–water partition coefficient (Wildman–Crippen LogP) is 3.89. The number of hydrogen-bond donors (Lipinski definition) is 1. The smallest absolute Gasteiger partial charge is 0.376 e. The van der Waals surface area contributed by atoms with Crippen LogP contribution in [0.25, 0.3) is 11.0 Å². The first kappa shape index (κ1) is 20.1. The lowest BCUT2D eigenvalue weighted by molar-refractivity contribution is 0.0494. The zero-order valence-corrected chi connectivity index (χ0v) is 16.5. The molecule has 0 aliphatic carbocycles. The average molecular weight is 399 g/mol. The van der Waals surface area contributed by atoms with Gasteiger partial charge in [-0.15, -0.1) is 0 Å². The number of amides is 1. The summed E-state index contributed by atoms with van der Waals surface area (Å²) in [5, 5.41) is 3.32. The average Bonchev–Trinajstić information content (AvgIpc) is 3.11. The molecule has 0 fully saturated rings. The Labute approximate surface area is 167 Å². The van der Waals surface area contributed by atoms with E-state index in [9.17, 15) is 9.59 Å². The lowest BCUT2D eigenvalue weighted by Gasteiger charge is -2.14. The standard InChI is InChI=1S/C21H21NO7/c1-5-28-21(24)19-17(13-8-6-7-9-14(13)29-19)22-20(23)12-10-15(25-2)18(27-4)16(11-12)26-3/h6-11H,5H2,1-4H3,(H,22,23). The monoisotopic (exact) mass is 399 g/mol. The van der Waals surface area contributed by atoms with Crippen LogP contribution in [0.15, 0.2) is 40.8 Å². The lowest BCUT2D eigenvalue weighted by Crippen LogP contribution is -2.15. The zero-order valence-electron chi connectivity index (χ0n) is 16.5. The highest BCUT2D eigenvalue weighted by Gasteiger charge is 2.25. The van der Waals surface area contributed by atoms with E-state index < -0.39 is 11.9 Å². The second-order valence-electron chi connectivity index (χ2n) is 5.89. The van der Waals surface area contributed by atoms with Crippen molar-refractivity contribution in [2.45, 2.75) is 6.92 Å². The Hall–Kier alpha value is -3.68. The molecule has 29 heavy (non-hydrogen) atoms. The molecular formula is C21H21NO7. The van der Waals surface area contributed by atoms with Gasteiger partial charge in [0.05, 0.1) is 27.9 Å². The largest absolute Gasteiger partial charge is 0.493 e. The number of nitrogens with one attached hydrogen (secondary N) is 1. The van der Waals surface area contributed by atoms with Gasteiger partial charge < -0.3 is 28.7 Å². The van der Waals surface area contributed by atoms with Crippen LogP contribution in [0.4, 0.5) is 5.69 Å². The van der Waals surface area contributed by atoms with Gasteiger partial charge in [0, 0.05) is 10.9 Å². The van der Waals surface area contributed by atoms with Crippen LogP contribution in [-0.2, 0) is 4.74 Å². The molecule has 0 saturated heterocycles. The van der Waals surface area contributed by atoms with Crippen molar-refractivity contribution in [2.24, 2.45) is 0 Å². The van der Waals surface area contributed by atoms with Crippen molar-refractivity contribution in [1.29, 1.82) is 0 Å². The van der Waals surface area contributed by atoms with Gasteiger partial charge in [0.15, 0.2) is 11.5 Å². The van der Waals surface area contributed by atoms with Crippen LogP contribution in [0.3, 0.4) is 0 Å². The summed E-state index contributed by atoms with van der Waals surface area (Å²) >= 11 is 0. The molecule has 0 atom stereocenters. The Morgan fingerprint density at radius 2 is 1.66 bits per heavy atom. The molecule has 0 bridgehead atoms. The van der Waals surface area contributed by atoms with Crippen LogP contribution in [0, 0.1) is 0 Å². The van der Waals surface area contributed by atoms with Gasteiger partial charge in [0.1, 0.15) is 11.3 Å². The van der Waals surface area contributed by atoms with E-state index in [2.05, 4.69) is 5.32 Å². The minimum absolute atomic E-state index is 0.0751. The molecule has 1 N–H and O–H groups in total. The Bertz CT molecular complexity index is 1030. The van der Waals surface area contributed by atoms with E-state index >= 15 is 0 Å². The van der Waals surface area contributed by atoms with Gasteiger partial charge in [-0.25, -0.2) is 4.79 Å². The molecule has 0 unspecified atom stereocenters. The van der Waals surface area contributed by atoms with E-state index in [4.69, 9.17) is 23.4 Å². The number of furan rings is 1. The van der Waals surface area contributed by atoms with E-state index in [0.29, 0.717) is 28.2 Å². The molecule has 8 heteroatoms. The van der Waals surface area contributed by atoms with E-state index in [1.165, 1.54) is 33.5 Å². The highest BCUT2D eigenvalue weighted by Crippen LogP contribution is 2.39. The van der Waals surface area contributed by atoms with Crippen LogP contribution >= 0.6 is 0 Å². The second-order valence-corrected chi connectivity index (χ2v) is 5.89. The molecule has 8 nitrogen and oxygen atoms in total. The number of anilines is 1. The number of benzene rings is 2. The number of esters is 1. The maximum Gasteiger partial charge on any atom is 0.376 e. The maximum absolute atomic E-state index is 13.0. The van der Waals surface area contributed by atoms with Gasteiger partial charge in [0.2, 0.25) is 11.5 Å². The molecule has 152 valence electrons. The number of ether oxygens (including phenoxy) is 4. The van der Waals surface area contributed by atoms with Crippen molar-refractivity contribution < 1.29 is 33.0 Å². The fraction of sp³-hybridized carbons (Fsp3) is 0.238. The third-order valence-electron chi connectivity index (χ3n) is 4.22. The number of para-hydroxylation sites is 1. The fourth-order valence-electron chi connectivity index (χ4n) is 2.91. The summed E-state index contributed by atoms with van der Waals surface area (Å²) in [6, 6.07) is 10.0. The topological polar surface area (TPSA) is 96.2 Å². The molecule has 1 heterocycles. The van der Waals surface area contributed by atoms with Crippen molar-refractivity contribution in [1.82, 2.24) is 0 Å². The van der Waals surface area contributed by atoms with Gasteiger partial charge in [-0.05, 0) is 31.2 Å². The normalized spacial score (nSPS) is 10.5. The first-order chi connectivity index (χ1) is 14.0. The summed E-state index contributed by atoms with van der Waals surface area (Å²) in [5.74, 6) is -0.189. The summed E-state index contributed by atoms with van der Waals surface area (Å²) < 4.78 is 26.5. The molecule has 3 rings (SSSR count). The molecule has 0 aliphatic heterocycles. The highest BCUT2D eigenvalue weighted by atomic mass is 16.5. The fourth-order valence-corrected chi connectivity index (χ4v) is 2.91. The molecule has 0 aliphatic rings. The van der Waals surface area contributed by atoms with Crippen molar-refractivity contribution in [3.05, 3.63) is 47.7 Å². The van der Waals surface area contributed by atoms with Crippen LogP contribution in [0.5, 0.6) is 17.2 Å². The van der Waals surface area contributed by atoms with Gasteiger partial charge >= 0.3 is 5.97 Å². The third-order valence-corrected chi connectivity index (χ3v) is 4.22. The molecule has 3 aromatic rings. The van der Waals surface area contributed by atoms with E-state index in [1.54, 1.807) is 31.2 Å². The van der Waals surface area contributed by atoms with E-state index in [1.807, 2.05) is 0 Å². The van der Waals surface area contributed by atoms with Gasteiger partial charge in [0.25, 0.3) is 5.91 Å². The molecule has 0 saturated carbocycles. The molecular weight excluding hydrogens is 378 g/mol. The number of rotatable bonds is 7. The number of hydrogen-bond acceptors (Lipinski definition) is 7. The van der Waals surface area contributed by atoms with Gasteiger partial charge in [-0.2, -0.15) is 0 Å². The first-order valence-corrected chi connectivity index (χ1v) is 8.84. The second kappa shape index (κ2) is 8.55. The summed E-state index contributed by atoms with van der Waals surface area (Å²) in [5.41, 5.74) is 0.938. The summed E-state index contributed by atoms with van der Waals surface area (Å²) in [7, 11) is 4.40. The molecule has 2 aromatic carbocycles. The van der Waals surface area contributed by atoms with Crippen molar-refractivity contribution in [3.63, 3.8) is 0 Å². The number of carbonyl (C=O) groups excluding carboxylic acids is 2. The number of fused-ring (bicyclic) bond motifs is 1. The maximum atomic E-state index is 13.0. The van der Waals surface area contributed by atoms with Gasteiger partial charge in [-0.3, -0.25) is 4.79 Å². The zero-order chi connectivity index (χ0) is 21.0. The first-order valence-electron chi connectivity index (χ1n) is 8.84. The third kappa shape index (κ3) is 3.82. The Morgan fingerprint density at radius 1 is 1.00 bits per heavy atom. The van der Waals surface area contributed by atoms with Crippen molar-refractivity contribution in [2.75, 3.05) is 33.3 Å². The van der Waals surface area contributed by atoms with Crippen molar-refractivity contribution >= 4 is 28.5 Å². The quantitative estimate of drug-likeness (QED) is 0.602. The molecule has 0 radical (unpaired) electrons. The predicted molar refractivity (Wildman–Crippen MR) is 106 cm³/mol. The number of methoxy groups -OCH3 is 3. The Morgan fingerprint density at radius 3 is 2.24 bits per heavy atom. The molecule has 0 spiro atoms. The van der Waals surface area contributed by atoms with Crippen LogP contribution in [0.1, 0.15) is 27.8 Å². The molecule has 1 aromatic heterocycles. The highest BCUT2D eigenvalue weighted by molar-refractivity contribution is 6.13. The Balaban J connectivity index is 2.04. The lowest BCUT2D eigenvalue weighted by atomic mass is 10.1. The van der Waals surface area contributed by atoms with Gasteiger partial charge in [-0.1, -0.05) is 12.1 Å². The SMILES string of the molecule is CCOC(=O)c1oc2ccccc2c1NC(=O)c1cc(OC)c(OC)c(OC)c1. The van der Waals surface area contributed by atoms with E-state index in [0.717, 1.165) is 0 Å². The summed E-state index contributed by atoms with van der Waals surface area (Å²) in [4.78, 5) is 25.3. The summed E-state index contributed by atoms with van der Waals surface area (Å²) in [6.45, 7) is 1.87. The Kier molecular flexibility index (Phi) is 5.92. The van der Waals surface area contributed by atoms with E-state index in [-0.39, 0.29) is 23.6 Å². The molecule has 1 amide bonds.